The van der Waals surface area contributed by atoms with Crippen LogP contribution in [0.25, 0.3) is 0 Å². The molecule has 1 saturated heterocycles. The number of hydrogen-bond donors (Lipinski definition) is 2. The van der Waals surface area contributed by atoms with Gasteiger partial charge in [-0.2, -0.15) is 5.26 Å². The third-order valence-corrected chi connectivity index (χ3v) is 3.45. The molecule has 8 nitrogen and oxygen atoms in total. The molecular weight excluding hydrogens is 284 g/mol. The molecule has 0 saturated carbocycles. The number of nitriles is 1. The largest absolute Gasteiger partial charge is 0.360 e. The number of amides is 1. The molecule has 0 spiro atoms. The van der Waals surface area contributed by atoms with E-state index in [0.29, 0.717) is 31.2 Å². The van der Waals surface area contributed by atoms with Crippen molar-refractivity contribution >= 4 is 11.7 Å². The summed E-state index contributed by atoms with van der Waals surface area (Å²) in [5, 5.41) is 15.7. The molecule has 1 aromatic rings. The van der Waals surface area contributed by atoms with Gasteiger partial charge < -0.3 is 20.5 Å². The number of carbonyl (C=O) groups excluding carboxylic acids is 1. The Morgan fingerprint density at radius 1 is 1.55 bits per heavy atom. The molecule has 0 bridgehead atoms. The van der Waals surface area contributed by atoms with Crippen molar-refractivity contribution in [1.82, 2.24) is 15.0 Å². The number of carbonyl (C=O) groups is 1. The van der Waals surface area contributed by atoms with Crippen LogP contribution < -0.4 is 11.1 Å². The Labute approximate surface area is 129 Å². The standard InChI is InChI=1S/C14H20N6O2/c1-11-8-13(18-22-11)17-10-12(9-16)14(21)20-6-4-19(3-2-15)5-7-20/h8,10H,2-7,15H2,1H3,(H,17,18)/b12-10-. The highest BCUT2D eigenvalue weighted by Gasteiger charge is 2.23. The number of aryl methyl sites for hydroxylation is 1. The molecule has 0 aromatic carbocycles. The molecule has 1 fully saturated rings. The molecule has 0 radical (unpaired) electrons. The molecule has 2 rings (SSSR count). The van der Waals surface area contributed by atoms with Crippen LogP contribution in [0.1, 0.15) is 5.76 Å². The molecule has 3 N–H and O–H groups in total. The van der Waals surface area contributed by atoms with Crippen molar-refractivity contribution in [3.63, 3.8) is 0 Å². The monoisotopic (exact) mass is 304 g/mol. The zero-order valence-corrected chi connectivity index (χ0v) is 12.6. The third kappa shape index (κ3) is 4.07. The van der Waals surface area contributed by atoms with Crippen LogP contribution in [-0.4, -0.2) is 60.1 Å². The van der Waals surface area contributed by atoms with Gasteiger partial charge in [-0.1, -0.05) is 5.16 Å². The summed E-state index contributed by atoms with van der Waals surface area (Å²) in [6.07, 6.45) is 1.37. The van der Waals surface area contributed by atoms with Gasteiger partial charge in [-0.3, -0.25) is 9.69 Å². The van der Waals surface area contributed by atoms with E-state index < -0.39 is 0 Å². The van der Waals surface area contributed by atoms with Crippen LogP contribution >= 0.6 is 0 Å². The molecule has 1 aliphatic rings. The first-order valence-electron chi connectivity index (χ1n) is 7.16. The molecule has 0 unspecified atom stereocenters. The minimum atomic E-state index is -0.275. The lowest BCUT2D eigenvalue weighted by Crippen LogP contribution is -2.50. The summed E-state index contributed by atoms with van der Waals surface area (Å²) < 4.78 is 4.91. The van der Waals surface area contributed by atoms with Crippen LogP contribution in [0.4, 0.5) is 5.82 Å². The Hall–Kier alpha value is -2.37. The first-order chi connectivity index (χ1) is 10.6. The summed E-state index contributed by atoms with van der Waals surface area (Å²) in [6, 6.07) is 3.61. The molecule has 118 valence electrons. The number of rotatable bonds is 5. The Balaban J connectivity index is 1.93. The van der Waals surface area contributed by atoms with Crippen LogP contribution in [-0.2, 0) is 4.79 Å². The van der Waals surface area contributed by atoms with Crippen LogP contribution in [0.3, 0.4) is 0 Å². The van der Waals surface area contributed by atoms with E-state index in [4.69, 9.17) is 15.5 Å². The highest BCUT2D eigenvalue weighted by atomic mass is 16.5. The summed E-state index contributed by atoms with van der Waals surface area (Å²) in [5.41, 5.74) is 5.57. The van der Waals surface area contributed by atoms with Gasteiger partial charge in [-0.15, -0.1) is 0 Å². The minimum absolute atomic E-state index is 0.0490. The van der Waals surface area contributed by atoms with E-state index in [-0.39, 0.29) is 11.5 Å². The van der Waals surface area contributed by atoms with Gasteiger partial charge in [0.05, 0.1) is 0 Å². The maximum absolute atomic E-state index is 12.3. The smallest absolute Gasteiger partial charge is 0.266 e. The Morgan fingerprint density at radius 3 is 2.82 bits per heavy atom. The second kappa shape index (κ2) is 7.59. The van der Waals surface area contributed by atoms with Gasteiger partial charge in [0.25, 0.3) is 5.91 Å². The molecule has 1 amide bonds. The van der Waals surface area contributed by atoms with E-state index in [0.717, 1.165) is 19.6 Å². The second-order valence-corrected chi connectivity index (χ2v) is 5.06. The Morgan fingerprint density at radius 2 is 2.27 bits per heavy atom. The Kier molecular flexibility index (Phi) is 5.52. The van der Waals surface area contributed by atoms with Crippen molar-refractivity contribution in [1.29, 1.82) is 5.26 Å². The lowest BCUT2D eigenvalue weighted by atomic mass is 10.2. The lowest BCUT2D eigenvalue weighted by Gasteiger charge is -2.34. The predicted molar refractivity (Wildman–Crippen MR) is 80.6 cm³/mol. The summed E-state index contributed by atoms with van der Waals surface area (Å²) >= 11 is 0. The number of hydrogen-bond acceptors (Lipinski definition) is 7. The fourth-order valence-corrected chi connectivity index (χ4v) is 2.25. The summed E-state index contributed by atoms with van der Waals surface area (Å²) in [7, 11) is 0. The van der Waals surface area contributed by atoms with Gasteiger partial charge in [0.2, 0.25) is 0 Å². The zero-order chi connectivity index (χ0) is 15.9. The van der Waals surface area contributed by atoms with Crippen molar-refractivity contribution in [2.45, 2.75) is 6.92 Å². The fourth-order valence-electron chi connectivity index (χ4n) is 2.25. The molecule has 0 atom stereocenters. The summed E-state index contributed by atoms with van der Waals surface area (Å²) in [5.74, 6) is 0.838. The Bertz CT molecular complexity index is 580. The van der Waals surface area contributed by atoms with E-state index in [2.05, 4.69) is 15.4 Å². The normalized spacial score (nSPS) is 16.4. The SMILES string of the molecule is Cc1cc(N/C=C(/C#N)C(=O)N2CCN(CCN)CC2)no1. The van der Waals surface area contributed by atoms with Crippen LogP contribution in [0.15, 0.2) is 22.4 Å². The molecule has 22 heavy (non-hydrogen) atoms. The molecule has 0 aliphatic carbocycles. The average Bonchev–Trinajstić information content (AvgIpc) is 2.94. The number of nitrogens with one attached hydrogen (secondary N) is 1. The molecular formula is C14H20N6O2. The average molecular weight is 304 g/mol. The summed E-state index contributed by atoms with van der Waals surface area (Å²) in [4.78, 5) is 16.2. The number of piperazine rings is 1. The van der Waals surface area contributed by atoms with Gasteiger partial charge in [0, 0.05) is 51.5 Å². The molecule has 1 aromatic heterocycles. The maximum atomic E-state index is 12.3. The number of aromatic nitrogens is 1. The molecule has 8 heteroatoms. The maximum Gasteiger partial charge on any atom is 0.266 e. The lowest BCUT2D eigenvalue weighted by molar-refractivity contribution is -0.128. The van der Waals surface area contributed by atoms with Crippen LogP contribution in [0.2, 0.25) is 0 Å². The van der Waals surface area contributed by atoms with Crippen molar-refractivity contribution in [3.8, 4) is 6.07 Å². The van der Waals surface area contributed by atoms with Gasteiger partial charge in [0.1, 0.15) is 17.4 Å². The highest BCUT2D eigenvalue weighted by molar-refractivity contribution is 5.97. The third-order valence-electron chi connectivity index (χ3n) is 3.45. The predicted octanol–water partition coefficient (Wildman–Crippen LogP) is -0.0947. The van der Waals surface area contributed by atoms with Crippen molar-refractivity contribution in [2.24, 2.45) is 5.73 Å². The first kappa shape index (κ1) is 16.0. The van der Waals surface area contributed by atoms with E-state index in [1.165, 1.54) is 6.20 Å². The molecule has 1 aliphatic heterocycles. The van der Waals surface area contributed by atoms with Crippen molar-refractivity contribution in [2.75, 3.05) is 44.6 Å². The van der Waals surface area contributed by atoms with E-state index in [1.807, 2.05) is 6.07 Å². The topological polar surface area (TPSA) is 111 Å². The van der Waals surface area contributed by atoms with Gasteiger partial charge >= 0.3 is 0 Å². The fraction of sp³-hybridized carbons (Fsp3) is 0.500. The minimum Gasteiger partial charge on any atom is -0.360 e. The van der Waals surface area contributed by atoms with Crippen molar-refractivity contribution < 1.29 is 9.32 Å². The number of nitrogens with zero attached hydrogens (tertiary/aromatic N) is 4. The van der Waals surface area contributed by atoms with Crippen molar-refractivity contribution in [3.05, 3.63) is 23.6 Å². The van der Waals surface area contributed by atoms with Gasteiger partial charge in [-0.05, 0) is 6.92 Å². The molecule has 2 heterocycles. The van der Waals surface area contributed by atoms with Gasteiger partial charge in [0.15, 0.2) is 5.82 Å². The van der Waals surface area contributed by atoms with E-state index in [9.17, 15) is 4.79 Å². The highest BCUT2D eigenvalue weighted by Crippen LogP contribution is 2.10. The first-order valence-corrected chi connectivity index (χ1v) is 7.16. The van der Waals surface area contributed by atoms with E-state index >= 15 is 0 Å². The summed E-state index contributed by atoms with van der Waals surface area (Å²) in [6.45, 7) is 5.95. The second-order valence-electron chi connectivity index (χ2n) is 5.06. The van der Waals surface area contributed by atoms with Crippen LogP contribution in [0, 0.1) is 18.3 Å². The zero-order valence-electron chi connectivity index (χ0n) is 12.6. The quantitative estimate of drug-likeness (QED) is 0.577. The number of anilines is 1. The number of nitrogens with two attached hydrogens (primary N) is 1. The van der Waals surface area contributed by atoms with Gasteiger partial charge in [-0.25, -0.2) is 0 Å². The van der Waals surface area contributed by atoms with E-state index in [1.54, 1.807) is 17.9 Å². The van der Waals surface area contributed by atoms with Crippen LogP contribution in [0.5, 0.6) is 0 Å².